The van der Waals surface area contributed by atoms with Gasteiger partial charge in [0.1, 0.15) is 17.5 Å². The fraction of sp³-hybridized carbons (Fsp3) is 0.643. The third-order valence-corrected chi connectivity index (χ3v) is 3.48. The van der Waals surface area contributed by atoms with Crippen molar-refractivity contribution in [1.82, 2.24) is 9.97 Å². The Morgan fingerprint density at radius 2 is 2.00 bits per heavy atom. The summed E-state index contributed by atoms with van der Waals surface area (Å²) in [5.74, 6) is 3.00. The van der Waals surface area contributed by atoms with Gasteiger partial charge in [-0.25, -0.2) is 9.97 Å². The number of carbonyl (C=O) groups excluding carboxylic acids is 1. The molecule has 1 saturated carbocycles. The van der Waals surface area contributed by atoms with E-state index < -0.39 is 0 Å². The van der Waals surface area contributed by atoms with Gasteiger partial charge in [0.05, 0.1) is 0 Å². The van der Waals surface area contributed by atoms with Gasteiger partial charge in [-0.3, -0.25) is 4.79 Å². The number of nitrogens with zero attached hydrogens (tertiary/aromatic N) is 2. The van der Waals surface area contributed by atoms with Gasteiger partial charge in [0.15, 0.2) is 0 Å². The van der Waals surface area contributed by atoms with Gasteiger partial charge in [-0.15, -0.1) is 0 Å². The molecule has 1 heterocycles. The minimum atomic E-state index is -0.239. The average Bonchev–Trinajstić information content (AvgIpc) is 3.24. The first-order valence-electron chi connectivity index (χ1n) is 7.20. The van der Waals surface area contributed by atoms with Crippen molar-refractivity contribution in [2.75, 3.05) is 24.2 Å². The van der Waals surface area contributed by atoms with Crippen molar-refractivity contribution >= 4 is 17.5 Å². The smallest absolute Gasteiger partial charge is 0.217 e. The predicted molar refractivity (Wildman–Crippen MR) is 79.8 cm³/mol. The molecule has 1 aromatic heterocycles. The Bertz CT molecular complexity index is 485. The van der Waals surface area contributed by atoms with Crippen LogP contribution < -0.4 is 16.4 Å². The molecule has 6 nitrogen and oxygen atoms in total. The number of aromatic nitrogens is 2. The van der Waals surface area contributed by atoms with E-state index in [1.54, 1.807) is 0 Å². The quantitative estimate of drug-likeness (QED) is 0.630. The zero-order valence-corrected chi connectivity index (χ0v) is 12.2. The molecule has 1 aliphatic carbocycles. The molecule has 1 amide bonds. The molecule has 1 aromatic rings. The van der Waals surface area contributed by atoms with Crippen molar-refractivity contribution in [3.05, 3.63) is 11.4 Å². The molecule has 2 rings (SSSR count). The number of primary amides is 1. The van der Waals surface area contributed by atoms with E-state index in [2.05, 4.69) is 20.6 Å². The lowest BCUT2D eigenvalue weighted by Gasteiger charge is -2.13. The Morgan fingerprint density at radius 1 is 1.30 bits per heavy atom. The Labute approximate surface area is 119 Å². The number of anilines is 2. The lowest BCUT2D eigenvalue weighted by atomic mass is 10.2. The van der Waals surface area contributed by atoms with Gasteiger partial charge in [-0.2, -0.15) is 0 Å². The third-order valence-electron chi connectivity index (χ3n) is 3.48. The van der Waals surface area contributed by atoms with Crippen molar-refractivity contribution in [3.63, 3.8) is 0 Å². The van der Waals surface area contributed by atoms with Crippen LogP contribution >= 0.6 is 0 Å². The maximum absolute atomic E-state index is 10.7. The number of carbonyl (C=O) groups is 1. The van der Waals surface area contributed by atoms with Crippen LogP contribution in [0.1, 0.15) is 49.4 Å². The van der Waals surface area contributed by atoms with Gasteiger partial charge < -0.3 is 16.4 Å². The van der Waals surface area contributed by atoms with Crippen LogP contribution in [0, 0.1) is 6.92 Å². The highest BCUT2D eigenvalue weighted by molar-refractivity contribution is 5.73. The largest absolute Gasteiger partial charge is 0.373 e. The minimum absolute atomic E-state index is 0.239. The molecule has 4 N–H and O–H groups in total. The van der Waals surface area contributed by atoms with Crippen molar-refractivity contribution in [2.24, 2.45) is 5.73 Å². The molecule has 20 heavy (non-hydrogen) atoms. The number of nitrogens with two attached hydrogens (primary N) is 1. The van der Waals surface area contributed by atoms with E-state index in [1.807, 2.05) is 14.0 Å². The van der Waals surface area contributed by atoms with Gasteiger partial charge in [-0.1, -0.05) is 0 Å². The highest BCUT2D eigenvalue weighted by atomic mass is 16.1. The first-order chi connectivity index (χ1) is 9.61. The molecule has 0 aromatic carbocycles. The Morgan fingerprint density at radius 3 is 2.60 bits per heavy atom. The Balaban J connectivity index is 1.95. The first kappa shape index (κ1) is 14.6. The summed E-state index contributed by atoms with van der Waals surface area (Å²) in [6.07, 6.45) is 4.52. The number of amides is 1. The molecule has 0 saturated heterocycles. The van der Waals surface area contributed by atoms with Crippen LogP contribution in [0.4, 0.5) is 11.6 Å². The van der Waals surface area contributed by atoms with Crippen LogP contribution in [0.2, 0.25) is 0 Å². The molecule has 0 atom stereocenters. The fourth-order valence-corrected chi connectivity index (χ4v) is 2.10. The van der Waals surface area contributed by atoms with Crippen molar-refractivity contribution in [3.8, 4) is 0 Å². The normalized spacial score (nSPS) is 14.1. The topological polar surface area (TPSA) is 92.9 Å². The molecule has 110 valence electrons. The van der Waals surface area contributed by atoms with Crippen LogP contribution in [-0.2, 0) is 4.79 Å². The highest BCUT2D eigenvalue weighted by Crippen LogP contribution is 2.39. The van der Waals surface area contributed by atoms with Crippen LogP contribution in [0.15, 0.2) is 0 Å². The maximum Gasteiger partial charge on any atom is 0.217 e. The van der Waals surface area contributed by atoms with Crippen LogP contribution in [0.5, 0.6) is 0 Å². The van der Waals surface area contributed by atoms with Crippen LogP contribution in [-0.4, -0.2) is 29.5 Å². The second-order valence-corrected chi connectivity index (χ2v) is 5.28. The van der Waals surface area contributed by atoms with E-state index in [-0.39, 0.29) is 5.91 Å². The summed E-state index contributed by atoms with van der Waals surface area (Å²) in [7, 11) is 1.88. The van der Waals surface area contributed by atoms with Gasteiger partial charge >= 0.3 is 0 Å². The molecule has 1 fully saturated rings. The lowest BCUT2D eigenvalue weighted by molar-refractivity contribution is -0.118. The summed E-state index contributed by atoms with van der Waals surface area (Å²) in [6.45, 7) is 2.80. The van der Waals surface area contributed by atoms with E-state index in [9.17, 15) is 4.79 Å². The summed E-state index contributed by atoms with van der Waals surface area (Å²) < 4.78 is 0. The molecule has 1 aliphatic rings. The summed E-state index contributed by atoms with van der Waals surface area (Å²) >= 11 is 0. The average molecular weight is 277 g/mol. The second-order valence-electron chi connectivity index (χ2n) is 5.28. The first-order valence-corrected chi connectivity index (χ1v) is 7.20. The molecule has 0 radical (unpaired) electrons. The van der Waals surface area contributed by atoms with E-state index in [4.69, 9.17) is 5.73 Å². The SMILES string of the molecule is CNc1nc(C2CC2)nc(NCCCCC(N)=O)c1C. The molecule has 0 bridgehead atoms. The molecular formula is C14H23N5O. The van der Waals surface area contributed by atoms with Crippen LogP contribution in [0.25, 0.3) is 0 Å². The lowest BCUT2D eigenvalue weighted by Crippen LogP contribution is -2.12. The van der Waals surface area contributed by atoms with E-state index in [0.717, 1.165) is 42.4 Å². The van der Waals surface area contributed by atoms with E-state index in [1.165, 1.54) is 12.8 Å². The number of rotatable bonds is 8. The Kier molecular flexibility index (Phi) is 4.76. The molecule has 0 unspecified atom stereocenters. The number of nitrogens with one attached hydrogen (secondary N) is 2. The van der Waals surface area contributed by atoms with E-state index in [0.29, 0.717) is 12.3 Å². The van der Waals surface area contributed by atoms with E-state index >= 15 is 0 Å². The molecular weight excluding hydrogens is 254 g/mol. The number of hydrogen-bond acceptors (Lipinski definition) is 5. The van der Waals surface area contributed by atoms with Gasteiger partial charge in [0.25, 0.3) is 0 Å². The predicted octanol–water partition coefficient (Wildman–Crippen LogP) is 1.77. The fourth-order valence-electron chi connectivity index (χ4n) is 2.10. The Hall–Kier alpha value is -1.85. The monoisotopic (exact) mass is 277 g/mol. The number of hydrogen-bond donors (Lipinski definition) is 3. The standard InChI is InChI=1S/C14H23N5O/c1-9-12(16-2)18-14(10-6-7-10)19-13(9)17-8-4-3-5-11(15)20/h10H,3-8H2,1-2H3,(H2,15,20)(H2,16,17,18,19). The summed E-state index contributed by atoms with van der Waals surface area (Å²) in [6, 6.07) is 0. The van der Waals surface area contributed by atoms with Crippen molar-refractivity contribution in [2.45, 2.75) is 44.9 Å². The van der Waals surface area contributed by atoms with Crippen molar-refractivity contribution in [1.29, 1.82) is 0 Å². The third kappa shape index (κ3) is 3.82. The summed E-state index contributed by atoms with van der Waals surface area (Å²) in [5.41, 5.74) is 6.15. The summed E-state index contributed by atoms with van der Waals surface area (Å²) in [5, 5.41) is 6.46. The zero-order chi connectivity index (χ0) is 14.5. The van der Waals surface area contributed by atoms with Crippen LogP contribution in [0.3, 0.4) is 0 Å². The van der Waals surface area contributed by atoms with Gasteiger partial charge in [0.2, 0.25) is 5.91 Å². The number of unbranched alkanes of at least 4 members (excludes halogenated alkanes) is 1. The minimum Gasteiger partial charge on any atom is -0.373 e. The zero-order valence-electron chi connectivity index (χ0n) is 12.2. The molecule has 6 heteroatoms. The maximum atomic E-state index is 10.7. The summed E-state index contributed by atoms with van der Waals surface area (Å²) in [4.78, 5) is 19.8. The van der Waals surface area contributed by atoms with Gasteiger partial charge in [-0.05, 0) is 32.6 Å². The van der Waals surface area contributed by atoms with Crippen molar-refractivity contribution < 1.29 is 4.79 Å². The highest BCUT2D eigenvalue weighted by Gasteiger charge is 2.28. The molecule has 0 spiro atoms. The van der Waals surface area contributed by atoms with Gasteiger partial charge in [0, 0.05) is 31.5 Å². The molecule has 0 aliphatic heterocycles. The second kappa shape index (κ2) is 6.54.